The van der Waals surface area contributed by atoms with Crippen molar-refractivity contribution in [3.05, 3.63) is 131 Å². The van der Waals surface area contributed by atoms with E-state index in [4.69, 9.17) is 0 Å². The molecule has 2 aromatic carbocycles. The molecule has 3 N–H and O–H groups in total. The summed E-state index contributed by atoms with van der Waals surface area (Å²) >= 11 is 0. The molecule has 0 fully saturated rings. The van der Waals surface area contributed by atoms with Crippen molar-refractivity contribution in [2.24, 2.45) is 0 Å². The van der Waals surface area contributed by atoms with Gasteiger partial charge in [0.05, 0.1) is 11.4 Å². The monoisotopic (exact) mass is 520 g/mol. The minimum Gasteiger partial charge on any atom is -0.310 e. The van der Waals surface area contributed by atoms with Gasteiger partial charge in [0, 0.05) is 70.8 Å². The summed E-state index contributed by atoms with van der Waals surface area (Å²) in [5.41, 5.74) is 7.80. The van der Waals surface area contributed by atoms with Crippen molar-refractivity contribution in [1.82, 2.24) is 30.8 Å². The summed E-state index contributed by atoms with van der Waals surface area (Å²) in [6.45, 7) is 7.20. The van der Waals surface area contributed by atoms with Crippen LogP contribution in [0.15, 0.2) is 97.3 Å². The molecule has 1 atom stereocenters. The molecule has 0 aliphatic heterocycles. The lowest BCUT2D eigenvalue weighted by Crippen LogP contribution is -2.36. The lowest BCUT2D eigenvalue weighted by molar-refractivity contribution is 0.263. The van der Waals surface area contributed by atoms with E-state index in [1.54, 1.807) is 0 Å². The first-order chi connectivity index (χ1) is 19.3. The summed E-state index contributed by atoms with van der Waals surface area (Å²) in [6, 6.07) is 30.5. The van der Waals surface area contributed by atoms with Crippen LogP contribution in [0.3, 0.4) is 0 Å². The molecule has 5 rings (SSSR count). The van der Waals surface area contributed by atoms with E-state index < -0.39 is 0 Å². The lowest BCUT2D eigenvalue weighted by Gasteiger charge is -2.23. The standard InChI is InChI=1S/C33H40N6/c1-2-10-32-29(7-1)15-16-33(32)38-23-27-11-13-28(14-12-27)26-39(21-19-34-24-30-8-3-5-17-36-30)22-20-35-25-31-9-4-6-18-37-31/h1-14,17-18,33-35,38H,15-16,19-26H2. The van der Waals surface area contributed by atoms with E-state index in [0.717, 1.165) is 63.7 Å². The fourth-order valence-corrected chi connectivity index (χ4v) is 5.21. The van der Waals surface area contributed by atoms with Gasteiger partial charge in [0.25, 0.3) is 0 Å². The summed E-state index contributed by atoms with van der Waals surface area (Å²) in [6.07, 6.45) is 6.07. The van der Waals surface area contributed by atoms with Crippen LogP contribution in [-0.2, 0) is 32.6 Å². The number of pyridine rings is 2. The van der Waals surface area contributed by atoms with Crippen molar-refractivity contribution >= 4 is 0 Å². The molecule has 1 aliphatic rings. The molecule has 0 saturated heterocycles. The Hall–Kier alpha value is -3.42. The quantitative estimate of drug-likeness (QED) is 0.199. The number of aromatic nitrogens is 2. The molecule has 0 bridgehead atoms. The average Bonchev–Trinajstić information content (AvgIpc) is 3.41. The Morgan fingerprint density at radius 2 is 1.28 bits per heavy atom. The first-order valence-corrected chi connectivity index (χ1v) is 14.2. The van der Waals surface area contributed by atoms with Crippen LogP contribution >= 0.6 is 0 Å². The molecule has 1 aliphatic carbocycles. The number of nitrogens with zero attached hydrogens (tertiary/aromatic N) is 3. The van der Waals surface area contributed by atoms with Gasteiger partial charge in [-0.2, -0.15) is 0 Å². The van der Waals surface area contributed by atoms with Gasteiger partial charge in [-0.25, -0.2) is 0 Å². The number of fused-ring (bicyclic) bond motifs is 1. The SMILES string of the molecule is c1ccc(CNCCN(CCNCc2ccccn2)Cc2ccc(CNC3CCc4ccccc43)cc2)nc1. The van der Waals surface area contributed by atoms with Gasteiger partial charge < -0.3 is 16.0 Å². The van der Waals surface area contributed by atoms with Gasteiger partial charge in [-0.15, -0.1) is 0 Å². The molecule has 0 saturated carbocycles. The highest BCUT2D eigenvalue weighted by Crippen LogP contribution is 2.30. The largest absolute Gasteiger partial charge is 0.310 e. The number of nitrogens with one attached hydrogen (secondary N) is 3. The molecule has 6 heteroatoms. The molecular weight excluding hydrogens is 480 g/mol. The van der Waals surface area contributed by atoms with E-state index >= 15 is 0 Å². The summed E-state index contributed by atoms with van der Waals surface area (Å²) in [5, 5.41) is 10.9. The van der Waals surface area contributed by atoms with Crippen LogP contribution in [0.5, 0.6) is 0 Å². The normalized spacial score (nSPS) is 14.5. The molecule has 0 amide bonds. The molecule has 4 aromatic rings. The molecule has 0 radical (unpaired) electrons. The molecule has 2 aromatic heterocycles. The van der Waals surface area contributed by atoms with Crippen molar-refractivity contribution in [3.63, 3.8) is 0 Å². The van der Waals surface area contributed by atoms with Crippen molar-refractivity contribution < 1.29 is 0 Å². The van der Waals surface area contributed by atoms with Crippen LogP contribution in [0, 0.1) is 0 Å². The van der Waals surface area contributed by atoms with Crippen LogP contribution in [0.2, 0.25) is 0 Å². The Labute approximate surface area is 232 Å². The van der Waals surface area contributed by atoms with Gasteiger partial charge in [0.1, 0.15) is 0 Å². The van der Waals surface area contributed by atoms with Gasteiger partial charge in [0.15, 0.2) is 0 Å². The first kappa shape index (κ1) is 27.2. The minimum atomic E-state index is 0.466. The Kier molecular flexibility index (Phi) is 10.2. The molecule has 6 nitrogen and oxygen atoms in total. The molecular formula is C33H40N6. The maximum Gasteiger partial charge on any atom is 0.0541 e. The zero-order chi connectivity index (χ0) is 26.5. The second-order valence-electron chi connectivity index (χ2n) is 10.3. The number of benzene rings is 2. The van der Waals surface area contributed by atoms with Gasteiger partial charge in [-0.05, 0) is 59.4 Å². The molecule has 202 valence electrons. The highest BCUT2D eigenvalue weighted by molar-refractivity contribution is 5.34. The number of hydrogen-bond acceptors (Lipinski definition) is 6. The molecule has 1 unspecified atom stereocenters. The molecule has 2 heterocycles. The van der Waals surface area contributed by atoms with E-state index in [1.165, 1.54) is 35.1 Å². The third-order valence-electron chi connectivity index (χ3n) is 7.39. The van der Waals surface area contributed by atoms with Crippen LogP contribution in [0.1, 0.15) is 46.1 Å². The second kappa shape index (κ2) is 14.7. The van der Waals surface area contributed by atoms with E-state index in [-0.39, 0.29) is 0 Å². The smallest absolute Gasteiger partial charge is 0.0541 e. The fourth-order valence-electron chi connectivity index (χ4n) is 5.21. The summed E-state index contributed by atoms with van der Waals surface area (Å²) < 4.78 is 0. The van der Waals surface area contributed by atoms with Crippen LogP contribution in [0.4, 0.5) is 0 Å². The zero-order valence-electron chi connectivity index (χ0n) is 22.7. The Morgan fingerprint density at radius 1 is 0.667 bits per heavy atom. The third kappa shape index (κ3) is 8.53. The van der Waals surface area contributed by atoms with E-state index in [0.29, 0.717) is 6.04 Å². The Morgan fingerprint density at radius 3 is 1.92 bits per heavy atom. The van der Waals surface area contributed by atoms with E-state index in [1.807, 2.05) is 36.7 Å². The van der Waals surface area contributed by atoms with Gasteiger partial charge in [-0.3, -0.25) is 14.9 Å². The zero-order valence-corrected chi connectivity index (χ0v) is 22.7. The fraction of sp³-hybridized carbons (Fsp3) is 0.333. The van der Waals surface area contributed by atoms with Crippen molar-refractivity contribution in [3.8, 4) is 0 Å². The summed E-state index contributed by atoms with van der Waals surface area (Å²) in [4.78, 5) is 11.3. The van der Waals surface area contributed by atoms with Crippen molar-refractivity contribution in [2.75, 3.05) is 26.2 Å². The topological polar surface area (TPSA) is 65.1 Å². The van der Waals surface area contributed by atoms with Crippen LogP contribution in [-0.4, -0.2) is 41.0 Å². The average molecular weight is 521 g/mol. The predicted molar refractivity (Wildman–Crippen MR) is 158 cm³/mol. The highest BCUT2D eigenvalue weighted by atomic mass is 15.1. The van der Waals surface area contributed by atoms with E-state index in [9.17, 15) is 0 Å². The first-order valence-electron chi connectivity index (χ1n) is 14.2. The Bertz CT molecular complexity index is 1200. The lowest BCUT2D eigenvalue weighted by atomic mass is 10.1. The van der Waals surface area contributed by atoms with E-state index in [2.05, 4.69) is 91.5 Å². The van der Waals surface area contributed by atoms with Crippen LogP contribution < -0.4 is 16.0 Å². The van der Waals surface area contributed by atoms with Gasteiger partial charge in [0.2, 0.25) is 0 Å². The van der Waals surface area contributed by atoms with Crippen molar-refractivity contribution in [2.45, 2.75) is 45.1 Å². The number of hydrogen-bond donors (Lipinski definition) is 3. The van der Waals surface area contributed by atoms with Crippen LogP contribution in [0.25, 0.3) is 0 Å². The van der Waals surface area contributed by atoms with Crippen molar-refractivity contribution in [1.29, 1.82) is 0 Å². The maximum absolute atomic E-state index is 4.42. The second-order valence-corrected chi connectivity index (χ2v) is 10.3. The van der Waals surface area contributed by atoms with Gasteiger partial charge in [-0.1, -0.05) is 60.7 Å². The number of aryl methyl sites for hydroxylation is 1. The molecule has 0 spiro atoms. The minimum absolute atomic E-state index is 0.466. The predicted octanol–water partition coefficient (Wildman–Crippen LogP) is 4.64. The molecule has 39 heavy (non-hydrogen) atoms. The number of rotatable bonds is 15. The maximum atomic E-state index is 4.42. The highest BCUT2D eigenvalue weighted by Gasteiger charge is 2.21. The third-order valence-corrected chi connectivity index (χ3v) is 7.39. The van der Waals surface area contributed by atoms with Gasteiger partial charge >= 0.3 is 0 Å². The summed E-state index contributed by atoms with van der Waals surface area (Å²) in [7, 11) is 0. The summed E-state index contributed by atoms with van der Waals surface area (Å²) in [5.74, 6) is 0. The Balaban J connectivity index is 1.10.